The van der Waals surface area contributed by atoms with Gasteiger partial charge in [0.05, 0.1) is 28.5 Å². The van der Waals surface area contributed by atoms with Crippen molar-refractivity contribution in [1.29, 1.82) is 0 Å². The van der Waals surface area contributed by atoms with Gasteiger partial charge in [-0.15, -0.1) is 0 Å². The zero-order chi connectivity index (χ0) is 27.1. The molecule has 1 aliphatic rings. The molecule has 0 N–H and O–H groups in total. The van der Waals surface area contributed by atoms with Gasteiger partial charge in [-0.05, 0) is 66.6 Å². The first-order valence-electron chi connectivity index (χ1n) is 12.5. The maximum atomic E-state index is 13.9. The summed E-state index contributed by atoms with van der Waals surface area (Å²) in [5.74, 6) is 0.205. The second-order valence-electron chi connectivity index (χ2n) is 9.08. The van der Waals surface area contributed by atoms with Crippen molar-refractivity contribution in [3.63, 3.8) is 0 Å². The summed E-state index contributed by atoms with van der Waals surface area (Å²) >= 11 is 1.23. The number of nitrogens with zero attached hydrogens (tertiary/aromatic N) is 2. The highest BCUT2D eigenvalue weighted by Gasteiger charge is 2.34. The predicted molar refractivity (Wildman–Crippen MR) is 148 cm³/mol. The fraction of sp³-hybridized carbons (Fsp3) is 0.129. The summed E-state index contributed by atoms with van der Waals surface area (Å²) < 4.78 is 26.7. The van der Waals surface area contributed by atoms with E-state index in [1.165, 1.54) is 23.5 Å². The lowest BCUT2D eigenvalue weighted by Gasteiger charge is -2.25. The molecule has 0 spiro atoms. The maximum absolute atomic E-state index is 13.9. The van der Waals surface area contributed by atoms with Crippen molar-refractivity contribution in [2.45, 2.75) is 19.9 Å². The smallest absolute Gasteiger partial charge is 0.338 e. The zero-order valence-electron chi connectivity index (χ0n) is 21.2. The molecule has 1 aliphatic heterocycles. The van der Waals surface area contributed by atoms with Crippen molar-refractivity contribution in [3.8, 4) is 11.3 Å². The average Bonchev–Trinajstić information content (AvgIpc) is 3.52. The summed E-state index contributed by atoms with van der Waals surface area (Å²) in [6, 6.07) is 22.6. The molecule has 1 atom stereocenters. The van der Waals surface area contributed by atoms with Gasteiger partial charge in [-0.3, -0.25) is 9.36 Å². The van der Waals surface area contributed by atoms with Crippen LogP contribution in [0.2, 0.25) is 0 Å². The lowest BCUT2D eigenvalue weighted by Crippen LogP contribution is -2.40. The van der Waals surface area contributed by atoms with Crippen LogP contribution >= 0.6 is 11.3 Å². The number of carbonyl (C=O) groups is 1. The van der Waals surface area contributed by atoms with E-state index in [1.807, 2.05) is 42.5 Å². The molecular formula is C31H23FN2O4S. The second-order valence-corrected chi connectivity index (χ2v) is 10.1. The van der Waals surface area contributed by atoms with Gasteiger partial charge in [-0.25, -0.2) is 14.2 Å². The van der Waals surface area contributed by atoms with Crippen LogP contribution in [0, 0.1) is 5.82 Å². The minimum Gasteiger partial charge on any atom is -0.463 e. The van der Waals surface area contributed by atoms with Gasteiger partial charge in [0.1, 0.15) is 17.3 Å². The summed E-state index contributed by atoms with van der Waals surface area (Å²) in [6.07, 6.45) is 1.67. The molecule has 6 rings (SSSR count). The molecule has 0 saturated heterocycles. The summed E-state index contributed by atoms with van der Waals surface area (Å²) in [5, 5.41) is 1.94. The number of carbonyl (C=O) groups excluding carboxylic acids is 1. The quantitative estimate of drug-likeness (QED) is 0.283. The van der Waals surface area contributed by atoms with Crippen molar-refractivity contribution in [2.75, 3.05) is 6.61 Å². The number of benzene rings is 3. The van der Waals surface area contributed by atoms with Crippen molar-refractivity contribution in [1.82, 2.24) is 4.57 Å². The number of furan rings is 1. The van der Waals surface area contributed by atoms with Crippen molar-refractivity contribution < 1.29 is 18.3 Å². The highest BCUT2D eigenvalue weighted by Crippen LogP contribution is 2.34. The number of thiazole rings is 1. The van der Waals surface area contributed by atoms with Gasteiger partial charge in [0.15, 0.2) is 4.80 Å². The van der Waals surface area contributed by atoms with Crippen LogP contribution in [0.4, 0.5) is 4.39 Å². The molecule has 0 amide bonds. The predicted octanol–water partition coefficient (Wildman–Crippen LogP) is 5.35. The number of fused-ring (bicyclic) bond motifs is 2. The molecule has 6 nitrogen and oxygen atoms in total. The van der Waals surface area contributed by atoms with Crippen LogP contribution in [-0.2, 0) is 9.53 Å². The van der Waals surface area contributed by atoms with Gasteiger partial charge in [0, 0.05) is 11.6 Å². The fourth-order valence-corrected chi connectivity index (χ4v) is 5.93. The molecule has 0 fully saturated rings. The Kier molecular flexibility index (Phi) is 6.32. The van der Waals surface area contributed by atoms with Crippen LogP contribution in [0.5, 0.6) is 0 Å². The van der Waals surface area contributed by atoms with Crippen molar-refractivity contribution in [3.05, 3.63) is 127 Å². The maximum Gasteiger partial charge on any atom is 0.338 e. The molecule has 3 heterocycles. The van der Waals surface area contributed by atoms with Gasteiger partial charge < -0.3 is 9.15 Å². The van der Waals surface area contributed by atoms with Gasteiger partial charge in [0.25, 0.3) is 5.56 Å². The third kappa shape index (κ3) is 4.42. The van der Waals surface area contributed by atoms with Crippen LogP contribution < -0.4 is 14.9 Å². The Morgan fingerprint density at radius 2 is 1.85 bits per heavy atom. The molecule has 0 bridgehead atoms. The van der Waals surface area contributed by atoms with E-state index in [4.69, 9.17) is 9.15 Å². The number of aromatic nitrogens is 1. The SMILES string of the molecule is CCOC(=O)C1=C(C)N=c2s/c(=C/c3ccc(-c4ccc(F)cc4)o3)c(=O)n2[C@@H]1c1cccc2ccccc12. The van der Waals surface area contributed by atoms with E-state index in [-0.39, 0.29) is 18.0 Å². The molecule has 0 aliphatic carbocycles. The Labute approximate surface area is 226 Å². The third-order valence-electron chi connectivity index (χ3n) is 6.66. The lowest BCUT2D eigenvalue weighted by atomic mass is 9.91. The van der Waals surface area contributed by atoms with E-state index in [9.17, 15) is 14.0 Å². The summed E-state index contributed by atoms with van der Waals surface area (Å²) in [6.45, 7) is 3.72. The number of allylic oxidation sites excluding steroid dienone is 1. The minimum atomic E-state index is -0.708. The number of halogens is 1. The number of rotatable bonds is 5. The average molecular weight is 539 g/mol. The number of ether oxygens (including phenoxy) is 1. The Bertz CT molecular complexity index is 1940. The van der Waals surface area contributed by atoms with Crippen LogP contribution in [-0.4, -0.2) is 17.1 Å². The monoisotopic (exact) mass is 538 g/mol. The van der Waals surface area contributed by atoms with Gasteiger partial charge in [-0.1, -0.05) is 53.8 Å². The van der Waals surface area contributed by atoms with E-state index in [2.05, 4.69) is 4.99 Å². The van der Waals surface area contributed by atoms with Crippen LogP contribution in [0.15, 0.2) is 104 Å². The summed E-state index contributed by atoms with van der Waals surface area (Å²) in [5.41, 5.74) is 2.10. The van der Waals surface area contributed by atoms with E-state index in [0.29, 0.717) is 32.1 Å². The molecule has 194 valence electrons. The first-order chi connectivity index (χ1) is 18.9. The molecule has 8 heteroatoms. The molecule has 5 aromatic rings. The fourth-order valence-electron chi connectivity index (χ4n) is 4.90. The highest BCUT2D eigenvalue weighted by atomic mass is 32.1. The number of hydrogen-bond donors (Lipinski definition) is 0. The largest absolute Gasteiger partial charge is 0.463 e. The Balaban J connectivity index is 1.53. The summed E-state index contributed by atoms with van der Waals surface area (Å²) in [7, 11) is 0. The third-order valence-corrected chi connectivity index (χ3v) is 7.65. The topological polar surface area (TPSA) is 73.8 Å². The lowest BCUT2D eigenvalue weighted by molar-refractivity contribution is -0.139. The number of esters is 1. The second kappa shape index (κ2) is 9.96. The van der Waals surface area contributed by atoms with E-state index in [0.717, 1.165) is 21.9 Å². The van der Waals surface area contributed by atoms with Gasteiger partial charge in [-0.2, -0.15) is 0 Å². The molecule has 0 radical (unpaired) electrons. The van der Waals surface area contributed by atoms with E-state index in [1.54, 1.807) is 48.8 Å². The van der Waals surface area contributed by atoms with E-state index < -0.39 is 12.0 Å². The zero-order valence-corrected chi connectivity index (χ0v) is 22.0. The first-order valence-corrected chi connectivity index (χ1v) is 13.3. The van der Waals surface area contributed by atoms with Crippen LogP contribution in [0.3, 0.4) is 0 Å². The van der Waals surface area contributed by atoms with Gasteiger partial charge >= 0.3 is 5.97 Å². The van der Waals surface area contributed by atoms with Crippen LogP contribution in [0.1, 0.15) is 31.2 Å². The van der Waals surface area contributed by atoms with Crippen molar-refractivity contribution >= 4 is 34.2 Å². The Morgan fingerprint density at radius 1 is 1.08 bits per heavy atom. The van der Waals surface area contributed by atoms with E-state index >= 15 is 0 Å². The minimum absolute atomic E-state index is 0.206. The molecule has 0 unspecified atom stereocenters. The van der Waals surface area contributed by atoms with Crippen LogP contribution in [0.25, 0.3) is 28.2 Å². The standard InChI is InChI=1S/C31H23FN2O4S/c1-3-37-30(36)27-18(2)33-31-34(28(27)24-10-6-8-19-7-4-5-9-23(19)24)29(35)26(39-31)17-22-15-16-25(38-22)20-11-13-21(32)14-12-20/h4-17,28H,3H2,1-2H3/b26-17+/t28-/m1/s1. The van der Waals surface area contributed by atoms with Gasteiger partial charge in [0.2, 0.25) is 0 Å². The molecule has 0 saturated carbocycles. The normalized spacial score (nSPS) is 15.4. The highest BCUT2D eigenvalue weighted by molar-refractivity contribution is 7.07. The Hall–Kier alpha value is -4.56. The Morgan fingerprint density at radius 3 is 2.64 bits per heavy atom. The van der Waals surface area contributed by atoms with Crippen molar-refractivity contribution in [2.24, 2.45) is 4.99 Å². The molecule has 39 heavy (non-hydrogen) atoms. The first kappa shape index (κ1) is 24.8. The summed E-state index contributed by atoms with van der Waals surface area (Å²) in [4.78, 5) is 32.2. The number of hydrogen-bond acceptors (Lipinski definition) is 6. The molecule has 2 aromatic heterocycles. The molecular weight excluding hydrogens is 515 g/mol. The molecule has 3 aromatic carbocycles.